The van der Waals surface area contributed by atoms with Crippen LogP contribution in [0.4, 0.5) is 0 Å². The van der Waals surface area contributed by atoms with Gasteiger partial charge in [-0.05, 0) is 32.1 Å². The van der Waals surface area contributed by atoms with Gasteiger partial charge in [0, 0.05) is 6.61 Å². The Morgan fingerprint density at radius 2 is 1.35 bits per heavy atom. The maximum Gasteiger partial charge on any atom is 0.0679 e. The fourth-order valence-electron chi connectivity index (χ4n) is 2.10. The van der Waals surface area contributed by atoms with E-state index in [1.807, 2.05) is 13.8 Å². The van der Waals surface area contributed by atoms with Crippen LogP contribution in [0.15, 0.2) is 0 Å². The average Bonchev–Trinajstić information content (AvgIpc) is 2.32. The third-order valence-corrected chi connectivity index (χ3v) is 2.86. The fraction of sp³-hybridized carbons (Fsp3) is 1.00. The molecule has 17 heavy (non-hydrogen) atoms. The van der Waals surface area contributed by atoms with Crippen molar-refractivity contribution in [2.45, 2.75) is 92.6 Å². The van der Waals surface area contributed by atoms with Crippen LogP contribution in [-0.4, -0.2) is 12.2 Å². The smallest absolute Gasteiger partial charge is 0.0679 e. The van der Waals surface area contributed by atoms with Crippen LogP contribution < -0.4 is 0 Å². The summed E-state index contributed by atoms with van der Waals surface area (Å²) in [6, 6.07) is 0. The van der Waals surface area contributed by atoms with Crippen molar-refractivity contribution in [3.8, 4) is 0 Å². The summed E-state index contributed by atoms with van der Waals surface area (Å²) in [5.41, 5.74) is 0.271. The van der Waals surface area contributed by atoms with Crippen LogP contribution in [0.3, 0.4) is 0 Å². The van der Waals surface area contributed by atoms with Crippen molar-refractivity contribution < 1.29 is 4.74 Å². The van der Waals surface area contributed by atoms with Gasteiger partial charge < -0.3 is 4.74 Å². The summed E-state index contributed by atoms with van der Waals surface area (Å²) in [6.07, 6.45) is 7.92. The molecule has 1 saturated carbocycles. The normalized spacial score (nSPS) is 17.6. The first-order chi connectivity index (χ1) is 8.06. The molecule has 0 atom stereocenters. The molecule has 0 spiro atoms. The molecule has 0 aromatic heterocycles. The second-order valence-electron chi connectivity index (χ2n) is 5.26. The van der Waals surface area contributed by atoms with Gasteiger partial charge in [-0.1, -0.05) is 60.8 Å². The molecule has 106 valence electrons. The molecule has 0 unspecified atom stereocenters. The molecule has 1 heteroatoms. The molecule has 0 bridgehead atoms. The Morgan fingerprint density at radius 1 is 0.941 bits per heavy atom. The van der Waals surface area contributed by atoms with E-state index < -0.39 is 0 Å². The molecule has 0 saturated heterocycles. The summed E-state index contributed by atoms with van der Waals surface area (Å²) >= 11 is 0. The van der Waals surface area contributed by atoms with Crippen LogP contribution in [0.1, 0.15) is 87.0 Å². The van der Waals surface area contributed by atoms with E-state index in [9.17, 15) is 0 Å². The molecule has 0 N–H and O–H groups in total. The van der Waals surface area contributed by atoms with Gasteiger partial charge >= 0.3 is 0 Å². The van der Waals surface area contributed by atoms with Crippen LogP contribution in [0.5, 0.6) is 0 Å². The van der Waals surface area contributed by atoms with Crippen molar-refractivity contribution >= 4 is 0 Å². The molecule has 1 aliphatic rings. The summed E-state index contributed by atoms with van der Waals surface area (Å²) in [5, 5.41) is 0. The van der Waals surface area contributed by atoms with Crippen molar-refractivity contribution in [2.75, 3.05) is 6.61 Å². The average molecular weight is 244 g/mol. The van der Waals surface area contributed by atoms with E-state index in [1.165, 1.54) is 38.5 Å². The summed E-state index contributed by atoms with van der Waals surface area (Å²) in [4.78, 5) is 0. The van der Waals surface area contributed by atoms with Crippen molar-refractivity contribution in [2.24, 2.45) is 5.92 Å². The lowest BCUT2D eigenvalue weighted by molar-refractivity contribution is -0.0669. The van der Waals surface area contributed by atoms with Gasteiger partial charge in [0.25, 0.3) is 0 Å². The minimum Gasteiger partial charge on any atom is -0.375 e. The highest BCUT2D eigenvalue weighted by Crippen LogP contribution is 2.33. The molecule has 0 aromatic carbocycles. The maximum absolute atomic E-state index is 5.82. The first-order valence-corrected chi connectivity index (χ1v) is 7.70. The van der Waals surface area contributed by atoms with Gasteiger partial charge in [0.2, 0.25) is 0 Å². The molecule has 0 aliphatic heterocycles. The van der Waals surface area contributed by atoms with Crippen molar-refractivity contribution in [3.05, 3.63) is 0 Å². The standard InChI is InChI=1S/C10H20O.C4H10.C2H6/c1-3-10(11-4-2)8-6-5-7-9-10;1-4(2)3;1-2/h3-9H2,1-2H3;4H,1-3H3;1-2H3. The summed E-state index contributed by atoms with van der Waals surface area (Å²) in [7, 11) is 0. The number of hydrogen-bond acceptors (Lipinski definition) is 1. The Balaban J connectivity index is 0. The summed E-state index contributed by atoms with van der Waals surface area (Å²) in [5.74, 6) is 0.833. The van der Waals surface area contributed by atoms with Gasteiger partial charge in [0.05, 0.1) is 5.60 Å². The molecule has 1 nitrogen and oxygen atoms in total. The fourth-order valence-corrected chi connectivity index (χ4v) is 2.10. The van der Waals surface area contributed by atoms with Gasteiger partial charge in [-0.15, -0.1) is 0 Å². The number of rotatable bonds is 3. The Morgan fingerprint density at radius 3 is 1.65 bits per heavy atom. The number of ether oxygens (including phenoxy) is 1. The van der Waals surface area contributed by atoms with E-state index in [1.54, 1.807) is 0 Å². The first-order valence-electron chi connectivity index (χ1n) is 7.70. The topological polar surface area (TPSA) is 9.23 Å². The molecule has 1 fully saturated rings. The Hall–Kier alpha value is -0.0400. The molecule has 0 heterocycles. The van der Waals surface area contributed by atoms with E-state index in [4.69, 9.17) is 4.74 Å². The Kier molecular flexibility index (Phi) is 14.1. The maximum atomic E-state index is 5.82. The van der Waals surface area contributed by atoms with Crippen LogP contribution in [0, 0.1) is 5.92 Å². The highest BCUT2D eigenvalue weighted by Gasteiger charge is 2.29. The van der Waals surface area contributed by atoms with E-state index in [0.29, 0.717) is 0 Å². The van der Waals surface area contributed by atoms with Crippen molar-refractivity contribution in [3.63, 3.8) is 0 Å². The summed E-state index contributed by atoms with van der Waals surface area (Å²) in [6.45, 7) is 15.7. The van der Waals surface area contributed by atoms with Crippen LogP contribution in [-0.2, 0) is 4.74 Å². The second-order valence-corrected chi connectivity index (χ2v) is 5.26. The third-order valence-electron chi connectivity index (χ3n) is 2.86. The predicted molar refractivity (Wildman–Crippen MR) is 79.6 cm³/mol. The molecule has 0 amide bonds. The minimum atomic E-state index is 0.271. The lowest BCUT2D eigenvalue weighted by Gasteiger charge is -2.36. The third kappa shape index (κ3) is 10.8. The van der Waals surface area contributed by atoms with Gasteiger partial charge in [-0.25, -0.2) is 0 Å². The highest BCUT2D eigenvalue weighted by molar-refractivity contribution is 4.82. The van der Waals surface area contributed by atoms with Crippen LogP contribution >= 0.6 is 0 Å². The van der Waals surface area contributed by atoms with Crippen molar-refractivity contribution in [1.29, 1.82) is 0 Å². The SMILES string of the molecule is CC.CC(C)C.CCOC1(CC)CCCCC1. The zero-order valence-corrected chi connectivity index (χ0v) is 13.4. The second kappa shape index (κ2) is 12.4. The van der Waals surface area contributed by atoms with Gasteiger partial charge in [0.1, 0.15) is 0 Å². The largest absolute Gasteiger partial charge is 0.375 e. The zero-order chi connectivity index (χ0) is 13.7. The molecular weight excluding hydrogens is 208 g/mol. The molecular formula is C16H36O. The van der Waals surface area contributed by atoms with Gasteiger partial charge in [-0.3, -0.25) is 0 Å². The Labute approximate surface area is 110 Å². The van der Waals surface area contributed by atoms with Gasteiger partial charge in [0.15, 0.2) is 0 Å². The molecule has 0 aromatic rings. The minimum absolute atomic E-state index is 0.271. The predicted octanol–water partition coefficient (Wildman–Crippen LogP) is 5.82. The lowest BCUT2D eigenvalue weighted by Crippen LogP contribution is -2.34. The quantitative estimate of drug-likeness (QED) is 0.607. The molecule has 1 rings (SSSR count). The first kappa shape index (κ1) is 19.3. The monoisotopic (exact) mass is 244 g/mol. The number of hydrogen-bond donors (Lipinski definition) is 0. The highest BCUT2D eigenvalue weighted by atomic mass is 16.5. The summed E-state index contributed by atoms with van der Waals surface area (Å²) < 4.78 is 5.82. The van der Waals surface area contributed by atoms with Gasteiger partial charge in [-0.2, -0.15) is 0 Å². The molecule has 1 aliphatic carbocycles. The zero-order valence-electron chi connectivity index (χ0n) is 13.4. The Bertz CT molecular complexity index is 126. The van der Waals surface area contributed by atoms with E-state index in [-0.39, 0.29) is 5.60 Å². The van der Waals surface area contributed by atoms with E-state index >= 15 is 0 Å². The van der Waals surface area contributed by atoms with Crippen LogP contribution in [0.25, 0.3) is 0 Å². The molecule has 0 radical (unpaired) electrons. The van der Waals surface area contributed by atoms with E-state index in [2.05, 4.69) is 34.6 Å². The van der Waals surface area contributed by atoms with E-state index in [0.717, 1.165) is 12.5 Å². The van der Waals surface area contributed by atoms with Crippen molar-refractivity contribution in [1.82, 2.24) is 0 Å². The lowest BCUT2D eigenvalue weighted by atomic mass is 9.83. The van der Waals surface area contributed by atoms with Crippen LogP contribution in [0.2, 0.25) is 0 Å².